The first-order valence-electron chi connectivity index (χ1n) is 12.6. The van der Waals surface area contributed by atoms with E-state index in [4.69, 9.17) is 0 Å². The Kier molecular flexibility index (Phi) is 6.35. The summed E-state index contributed by atoms with van der Waals surface area (Å²) in [7, 11) is 0. The standard InChI is InChI=1S/C27H45I/c1-18(2)7-6-8-19(3)23-11-12-24-22-10-9-20-17-21(28)13-15-26(20,4)25(22)14-16-27(23,24)5/h9,18-19,21-25H,6-8,10-17H2,1-5H3/t19?,21-,22?,23+,24?,25?,26-,27+/m0/s1. The van der Waals surface area contributed by atoms with Crippen LogP contribution in [0.4, 0.5) is 0 Å². The number of hydrogen-bond acceptors (Lipinski definition) is 0. The van der Waals surface area contributed by atoms with Crippen molar-refractivity contribution in [1.29, 1.82) is 0 Å². The van der Waals surface area contributed by atoms with Crippen LogP contribution < -0.4 is 0 Å². The maximum atomic E-state index is 2.75. The summed E-state index contributed by atoms with van der Waals surface area (Å²) in [5, 5.41) is 0. The Morgan fingerprint density at radius 1 is 1.00 bits per heavy atom. The third-order valence-electron chi connectivity index (χ3n) is 10.2. The van der Waals surface area contributed by atoms with Crippen molar-refractivity contribution < 1.29 is 0 Å². The average Bonchev–Trinajstić information content (AvgIpc) is 2.99. The number of allylic oxidation sites excluding steroid dienone is 2. The molecule has 0 aliphatic heterocycles. The molecule has 3 fully saturated rings. The molecule has 4 aliphatic rings. The summed E-state index contributed by atoms with van der Waals surface area (Å²) < 4.78 is 0.893. The second-order valence-corrected chi connectivity index (χ2v) is 13.9. The highest BCUT2D eigenvalue weighted by Crippen LogP contribution is 2.67. The third kappa shape index (κ3) is 3.66. The second-order valence-electron chi connectivity index (χ2n) is 12.1. The van der Waals surface area contributed by atoms with Crippen LogP contribution in [0.5, 0.6) is 0 Å². The first kappa shape index (κ1) is 21.7. The Labute approximate surface area is 189 Å². The summed E-state index contributed by atoms with van der Waals surface area (Å²) in [6.45, 7) is 12.8. The molecule has 4 rings (SSSR count). The fraction of sp³-hybridized carbons (Fsp3) is 0.926. The molecular formula is C27H45I. The maximum Gasteiger partial charge on any atom is 0.0147 e. The van der Waals surface area contributed by atoms with E-state index < -0.39 is 0 Å². The van der Waals surface area contributed by atoms with Crippen LogP contribution in [-0.2, 0) is 0 Å². The quantitative estimate of drug-likeness (QED) is 0.203. The van der Waals surface area contributed by atoms with Crippen molar-refractivity contribution in [3.63, 3.8) is 0 Å². The molecule has 0 aromatic rings. The highest BCUT2D eigenvalue weighted by atomic mass is 127. The van der Waals surface area contributed by atoms with Crippen molar-refractivity contribution in [2.24, 2.45) is 46.3 Å². The van der Waals surface area contributed by atoms with Gasteiger partial charge in [0.15, 0.2) is 0 Å². The van der Waals surface area contributed by atoms with Gasteiger partial charge in [-0.05, 0) is 97.7 Å². The normalized spacial score (nSPS) is 46.5. The molecule has 0 saturated heterocycles. The molecule has 4 aliphatic carbocycles. The van der Waals surface area contributed by atoms with Crippen LogP contribution in [0.2, 0.25) is 0 Å². The van der Waals surface area contributed by atoms with Gasteiger partial charge in [-0.15, -0.1) is 0 Å². The topological polar surface area (TPSA) is 0 Å². The lowest BCUT2D eigenvalue weighted by Gasteiger charge is -2.58. The van der Waals surface area contributed by atoms with Crippen LogP contribution in [0.25, 0.3) is 0 Å². The van der Waals surface area contributed by atoms with Crippen LogP contribution in [-0.4, -0.2) is 3.92 Å². The maximum absolute atomic E-state index is 2.75. The largest absolute Gasteiger partial charge is 0.0844 e. The minimum absolute atomic E-state index is 0.548. The summed E-state index contributed by atoms with van der Waals surface area (Å²) in [6.07, 6.45) is 18.9. The predicted octanol–water partition coefficient (Wildman–Crippen LogP) is 8.83. The molecule has 0 N–H and O–H groups in total. The highest BCUT2D eigenvalue weighted by Gasteiger charge is 2.58. The lowest BCUT2D eigenvalue weighted by atomic mass is 9.47. The lowest BCUT2D eigenvalue weighted by Crippen LogP contribution is -2.50. The van der Waals surface area contributed by atoms with Gasteiger partial charge in [-0.25, -0.2) is 0 Å². The fourth-order valence-electron chi connectivity index (χ4n) is 8.64. The van der Waals surface area contributed by atoms with Gasteiger partial charge in [0.25, 0.3) is 0 Å². The Morgan fingerprint density at radius 2 is 1.79 bits per heavy atom. The molecule has 0 spiro atoms. The smallest absolute Gasteiger partial charge is 0.0147 e. The number of fused-ring (bicyclic) bond motifs is 5. The van der Waals surface area contributed by atoms with E-state index in [2.05, 4.69) is 63.3 Å². The molecule has 1 heteroatoms. The summed E-state index contributed by atoms with van der Waals surface area (Å²) in [6, 6.07) is 0. The van der Waals surface area contributed by atoms with Gasteiger partial charge in [0.2, 0.25) is 0 Å². The monoisotopic (exact) mass is 496 g/mol. The van der Waals surface area contributed by atoms with Gasteiger partial charge < -0.3 is 0 Å². The zero-order valence-electron chi connectivity index (χ0n) is 19.3. The van der Waals surface area contributed by atoms with Crippen molar-refractivity contribution >= 4 is 22.6 Å². The van der Waals surface area contributed by atoms with E-state index in [1.165, 1.54) is 70.6 Å². The number of rotatable bonds is 5. The van der Waals surface area contributed by atoms with E-state index in [9.17, 15) is 0 Å². The van der Waals surface area contributed by atoms with Gasteiger partial charge in [0.05, 0.1) is 0 Å². The molecule has 0 aromatic carbocycles. The molecule has 0 bridgehead atoms. The molecule has 8 atom stereocenters. The van der Waals surface area contributed by atoms with E-state index in [-0.39, 0.29) is 0 Å². The van der Waals surface area contributed by atoms with Crippen molar-refractivity contribution in [3.05, 3.63) is 11.6 Å². The Bertz CT molecular complexity index is 591. The van der Waals surface area contributed by atoms with Gasteiger partial charge in [-0.2, -0.15) is 0 Å². The van der Waals surface area contributed by atoms with Gasteiger partial charge in [-0.3, -0.25) is 0 Å². The third-order valence-corrected chi connectivity index (χ3v) is 11.3. The van der Waals surface area contributed by atoms with Crippen LogP contribution in [0.1, 0.15) is 105 Å². The molecule has 28 heavy (non-hydrogen) atoms. The first-order valence-corrected chi connectivity index (χ1v) is 13.8. The summed E-state index contributed by atoms with van der Waals surface area (Å²) in [5.74, 6) is 5.79. The van der Waals surface area contributed by atoms with E-state index >= 15 is 0 Å². The minimum atomic E-state index is 0.548. The average molecular weight is 497 g/mol. The van der Waals surface area contributed by atoms with Crippen LogP contribution in [0.15, 0.2) is 11.6 Å². The molecular weight excluding hydrogens is 451 g/mol. The SMILES string of the molecule is CC(C)CCCC(C)[C@H]1CCC2C3CC=C4C[C@@H](I)CC[C@]4(C)C3CC[C@@]21C. The number of alkyl halides is 1. The first-order chi connectivity index (χ1) is 13.3. The second kappa shape index (κ2) is 8.19. The summed E-state index contributed by atoms with van der Waals surface area (Å²) in [4.78, 5) is 0. The van der Waals surface area contributed by atoms with Crippen LogP contribution >= 0.6 is 22.6 Å². The fourth-order valence-corrected chi connectivity index (χ4v) is 9.43. The van der Waals surface area contributed by atoms with Gasteiger partial charge >= 0.3 is 0 Å². The number of halogens is 1. The Morgan fingerprint density at radius 3 is 2.54 bits per heavy atom. The number of hydrogen-bond donors (Lipinski definition) is 0. The zero-order valence-corrected chi connectivity index (χ0v) is 21.4. The molecule has 160 valence electrons. The molecule has 0 nitrogen and oxygen atoms in total. The van der Waals surface area contributed by atoms with E-state index in [1.54, 1.807) is 0 Å². The van der Waals surface area contributed by atoms with E-state index in [1.807, 2.05) is 5.57 Å². The van der Waals surface area contributed by atoms with Crippen molar-refractivity contribution in [2.75, 3.05) is 0 Å². The lowest BCUT2D eigenvalue weighted by molar-refractivity contribution is -0.0495. The van der Waals surface area contributed by atoms with Crippen LogP contribution in [0.3, 0.4) is 0 Å². The Balaban J connectivity index is 1.49. The predicted molar refractivity (Wildman–Crippen MR) is 131 cm³/mol. The molecule has 0 heterocycles. The van der Waals surface area contributed by atoms with Crippen molar-refractivity contribution in [2.45, 2.75) is 109 Å². The Hall–Kier alpha value is 0.470. The van der Waals surface area contributed by atoms with Crippen molar-refractivity contribution in [1.82, 2.24) is 0 Å². The van der Waals surface area contributed by atoms with E-state index in [0.717, 1.165) is 39.4 Å². The minimum Gasteiger partial charge on any atom is -0.0844 e. The van der Waals surface area contributed by atoms with E-state index in [0.29, 0.717) is 10.8 Å². The van der Waals surface area contributed by atoms with Crippen LogP contribution in [0, 0.1) is 46.3 Å². The van der Waals surface area contributed by atoms with Crippen molar-refractivity contribution in [3.8, 4) is 0 Å². The molecule has 3 saturated carbocycles. The molecule has 4 unspecified atom stereocenters. The molecule has 0 amide bonds. The van der Waals surface area contributed by atoms with Gasteiger partial charge in [0, 0.05) is 3.92 Å². The molecule has 0 radical (unpaired) electrons. The zero-order chi connectivity index (χ0) is 20.1. The summed E-state index contributed by atoms with van der Waals surface area (Å²) in [5.41, 5.74) is 3.05. The van der Waals surface area contributed by atoms with Gasteiger partial charge in [0.1, 0.15) is 0 Å². The summed E-state index contributed by atoms with van der Waals surface area (Å²) >= 11 is 2.71. The highest BCUT2D eigenvalue weighted by molar-refractivity contribution is 14.1. The molecule has 0 aromatic heterocycles. The van der Waals surface area contributed by atoms with Gasteiger partial charge in [-0.1, -0.05) is 88.1 Å².